The molecule has 2 aromatic heterocycles. The largest absolute Gasteiger partial charge is 0.468 e. The minimum atomic E-state index is -3.86. The molecule has 2 aromatic rings. The quantitative estimate of drug-likeness (QED) is 0.560. The minimum absolute atomic E-state index is 0.0408. The highest BCUT2D eigenvalue weighted by Gasteiger charge is 2.35. The standard InChI is InChI=1S/C19H28N4O6S2/c1-5-22(16-8-10-30(25,26)13-16)18(24)12-23-15(3)19(14(2)20-23)31(27,28)21(4)11-17-7-6-9-29-17/h6-7,9,16H,5,8,10-13H2,1-4H3. The van der Waals surface area contributed by atoms with Crippen molar-refractivity contribution in [2.24, 2.45) is 0 Å². The number of hydrogen-bond acceptors (Lipinski definition) is 7. The van der Waals surface area contributed by atoms with Gasteiger partial charge in [-0.3, -0.25) is 9.48 Å². The van der Waals surface area contributed by atoms with Crippen molar-refractivity contribution in [2.75, 3.05) is 25.1 Å². The molecule has 0 N–H and O–H groups in total. The van der Waals surface area contributed by atoms with E-state index in [1.807, 2.05) is 0 Å². The highest BCUT2D eigenvalue weighted by atomic mass is 32.2. The molecule has 1 unspecified atom stereocenters. The number of carbonyl (C=O) groups is 1. The van der Waals surface area contributed by atoms with Gasteiger partial charge in [-0.05, 0) is 39.3 Å². The Labute approximate surface area is 182 Å². The van der Waals surface area contributed by atoms with Gasteiger partial charge in [0.1, 0.15) is 17.2 Å². The van der Waals surface area contributed by atoms with Gasteiger partial charge in [0.2, 0.25) is 15.9 Å². The van der Waals surface area contributed by atoms with Crippen LogP contribution in [0, 0.1) is 13.8 Å². The van der Waals surface area contributed by atoms with Crippen molar-refractivity contribution in [1.29, 1.82) is 0 Å². The Morgan fingerprint density at radius 3 is 2.61 bits per heavy atom. The lowest BCUT2D eigenvalue weighted by Crippen LogP contribution is -2.42. The molecule has 0 spiro atoms. The maximum atomic E-state index is 13.1. The molecule has 0 bridgehead atoms. The molecule has 31 heavy (non-hydrogen) atoms. The van der Waals surface area contributed by atoms with Crippen molar-refractivity contribution in [3.05, 3.63) is 35.5 Å². The second-order valence-corrected chi connectivity index (χ2v) is 11.9. The second-order valence-electron chi connectivity index (χ2n) is 7.73. The molecule has 1 aliphatic rings. The van der Waals surface area contributed by atoms with Crippen molar-refractivity contribution in [1.82, 2.24) is 19.0 Å². The predicted octanol–water partition coefficient (Wildman–Crippen LogP) is 0.949. The fourth-order valence-corrected chi connectivity index (χ4v) is 7.18. The van der Waals surface area contributed by atoms with Gasteiger partial charge in [-0.15, -0.1) is 0 Å². The monoisotopic (exact) mass is 472 g/mol. The molecule has 1 fully saturated rings. The van der Waals surface area contributed by atoms with Crippen LogP contribution >= 0.6 is 0 Å². The topological polar surface area (TPSA) is 123 Å². The van der Waals surface area contributed by atoms with E-state index in [0.717, 1.165) is 0 Å². The van der Waals surface area contributed by atoms with E-state index in [1.165, 1.54) is 27.2 Å². The fourth-order valence-electron chi connectivity index (χ4n) is 3.95. The van der Waals surface area contributed by atoms with Gasteiger partial charge in [0, 0.05) is 19.6 Å². The van der Waals surface area contributed by atoms with E-state index >= 15 is 0 Å². The number of aryl methyl sites for hydroxylation is 1. The molecular formula is C19H28N4O6S2. The first-order chi connectivity index (χ1) is 14.5. The summed E-state index contributed by atoms with van der Waals surface area (Å²) < 4.78 is 57.7. The van der Waals surface area contributed by atoms with E-state index in [4.69, 9.17) is 4.42 Å². The van der Waals surface area contributed by atoms with Gasteiger partial charge in [0.25, 0.3) is 0 Å². The van der Waals surface area contributed by atoms with Crippen LogP contribution in [0.1, 0.15) is 30.5 Å². The summed E-state index contributed by atoms with van der Waals surface area (Å²) in [5.41, 5.74) is 0.648. The Morgan fingerprint density at radius 1 is 1.35 bits per heavy atom. The molecular weight excluding hydrogens is 444 g/mol. The summed E-state index contributed by atoms with van der Waals surface area (Å²) in [6, 6.07) is 3.02. The molecule has 3 rings (SSSR count). The third kappa shape index (κ3) is 4.85. The van der Waals surface area contributed by atoms with E-state index in [9.17, 15) is 21.6 Å². The van der Waals surface area contributed by atoms with Crippen LogP contribution in [0.4, 0.5) is 0 Å². The average molecular weight is 473 g/mol. The highest BCUT2D eigenvalue weighted by molar-refractivity contribution is 7.91. The third-order valence-electron chi connectivity index (χ3n) is 5.54. The van der Waals surface area contributed by atoms with Crippen molar-refractivity contribution in [3.8, 4) is 0 Å². The molecule has 0 saturated carbocycles. The van der Waals surface area contributed by atoms with Crippen molar-refractivity contribution in [3.63, 3.8) is 0 Å². The molecule has 12 heteroatoms. The lowest BCUT2D eigenvalue weighted by Gasteiger charge is -2.27. The summed E-state index contributed by atoms with van der Waals surface area (Å²) in [6.07, 6.45) is 1.89. The first kappa shape index (κ1) is 23.5. The van der Waals surface area contributed by atoms with Gasteiger partial charge >= 0.3 is 0 Å². The summed E-state index contributed by atoms with van der Waals surface area (Å²) in [5, 5.41) is 4.29. The molecule has 3 heterocycles. The number of rotatable bonds is 8. The van der Waals surface area contributed by atoms with Crippen LogP contribution in [0.2, 0.25) is 0 Å². The number of amides is 1. The SMILES string of the molecule is CCN(C(=O)Cn1nc(C)c(S(=O)(=O)N(C)Cc2ccco2)c1C)C1CCS(=O)(=O)C1. The molecule has 0 aliphatic carbocycles. The van der Waals surface area contributed by atoms with E-state index in [1.54, 1.807) is 32.9 Å². The highest BCUT2D eigenvalue weighted by Crippen LogP contribution is 2.25. The molecule has 1 atom stereocenters. The van der Waals surface area contributed by atoms with Gasteiger partial charge in [-0.1, -0.05) is 0 Å². The van der Waals surface area contributed by atoms with Crippen LogP contribution < -0.4 is 0 Å². The van der Waals surface area contributed by atoms with E-state index in [-0.39, 0.29) is 41.4 Å². The maximum absolute atomic E-state index is 13.1. The van der Waals surface area contributed by atoms with Crippen molar-refractivity contribution >= 4 is 25.8 Å². The summed E-state index contributed by atoms with van der Waals surface area (Å²) in [7, 11) is -5.53. The average Bonchev–Trinajstić information content (AvgIpc) is 3.36. The molecule has 0 radical (unpaired) electrons. The van der Waals surface area contributed by atoms with E-state index in [0.29, 0.717) is 30.1 Å². The fraction of sp³-hybridized carbons (Fsp3) is 0.579. The summed E-state index contributed by atoms with van der Waals surface area (Å²) in [4.78, 5) is 14.5. The predicted molar refractivity (Wildman–Crippen MR) is 114 cm³/mol. The van der Waals surface area contributed by atoms with Gasteiger partial charge in [0.05, 0.1) is 35.7 Å². The molecule has 1 aliphatic heterocycles. The number of likely N-dealkylation sites (N-methyl/N-ethyl adjacent to an activating group) is 1. The number of nitrogens with zero attached hydrogens (tertiary/aromatic N) is 4. The van der Waals surface area contributed by atoms with Gasteiger partial charge in [-0.25, -0.2) is 16.8 Å². The number of sulfone groups is 1. The zero-order valence-electron chi connectivity index (χ0n) is 18.1. The third-order valence-corrected chi connectivity index (χ3v) is 9.34. The normalized spacial score (nSPS) is 18.5. The summed E-state index contributed by atoms with van der Waals surface area (Å²) in [6.45, 7) is 5.27. The number of carbonyl (C=O) groups excluding carboxylic acids is 1. The van der Waals surface area contributed by atoms with Gasteiger partial charge in [-0.2, -0.15) is 9.40 Å². The molecule has 0 aromatic carbocycles. The Hall–Kier alpha value is -2.18. The minimum Gasteiger partial charge on any atom is -0.468 e. The molecule has 1 amide bonds. The zero-order valence-corrected chi connectivity index (χ0v) is 19.7. The Kier molecular flexibility index (Phi) is 6.63. The number of furan rings is 1. The maximum Gasteiger partial charge on any atom is 0.246 e. The van der Waals surface area contributed by atoms with Crippen LogP contribution in [0.5, 0.6) is 0 Å². The van der Waals surface area contributed by atoms with Gasteiger partial charge < -0.3 is 9.32 Å². The molecule has 1 saturated heterocycles. The zero-order chi connectivity index (χ0) is 23.0. The van der Waals surface area contributed by atoms with Crippen LogP contribution in [0.15, 0.2) is 27.7 Å². The van der Waals surface area contributed by atoms with Gasteiger partial charge in [0.15, 0.2) is 9.84 Å². The van der Waals surface area contributed by atoms with Crippen LogP contribution in [-0.2, 0) is 37.7 Å². The number of sulfonamides is 1. The van der Waals surface area contributed by atoms with Crippen LogP contribution in [-0.4, -0.2) is 72.9 Å². The summed E-state index contributed by atoms with van der Waals surface area (Å²) in [5.74, 6) is 0.254. The summed E-state index contributed by atoms with van der Waals surface area (Å²) >= 11 is 0. The second kappa shape index (κ2) is 8.75. The molecule has 10 nitrogen and oxygen atoms in total. The Balaban J connectivity index is 1.81. The van der Waals surface area contributed by atoms with Crippen molar-refractivity contribution in [2.45, 2.75) is 51.2 Å². The van der Waals surface area contributed by atoms with E-state index < -0.39 is 19.9 Å². The van der Waals surface area contributed by atoms with Crippen molar-refractivity contribution < 1.29 is 26.0 Å². The number of hydrogen-bond donors (Lipinski definition) is 0. The van der Waals surface area contributed by atoms with Crippen LogP contribution in [0.3, 0.4) is 0 Å². The first-order valence-corrected chi connectivity index (χ1v) is 13.2. The lowest BCUT2D eigenvalue weighted by molar-refractivity contribution is -0.133. The first-order valence-electron chi connectivity index (χ1n) is 9.99. The molecule has 172 valence electrons. The number of aromatic nitrogens is 2. The smallest absolute Gasteiger partial charge is 0.246 e. The van der Waals surface area contributed by atoms with E-state index in [2.05, 4.69) is 5.10 Å². The van der Waals surface area contributed by atoms with Crippen LogP contribution in [0.25, 0.3) is 0 Å². The Bertz CT molecular complexity index is 1150. The lowest BCUT2D eigenvalue weighted by atomic mass is 10.2. The Morgan fingerprint density at radius 2 is 2.06 bits per heavy atom.